The Bertz CT molecular complexity index is 1450. The molecule has 282 valence electrons. The van der Waals surface area contributed by atoms with Crippen LogP contribution in [0.3, 0.4) is 0 Å². The molecule has 0 bridgehead atoms. The molecule has 0 saturated carbocycles. The van der Waals surface area contributed by atoms with E-state index in [1.807, 2.05) is 0 Å². The van der Waals surface area contributed by atoms with Crippen LogP contribution in [0.25, 0.3) is 0 Å². The summed E-state index contributed by atoms with van der Waals surface area (Å²) in [5, 5.41) is 15.4. The number of likely N-dealkylation sites (tertiary alicyclic amines) is 2. The van der Waals surface area contributed by atoms with Crippen molar-refractivity contribution in [2.45, 2.75) is 124 Å². The zero-order chi connectivity index (χ0) is 38.7. The minimum absolute atomic E-state index is 0.0212. The van der Waals surface area contributed by atoms with Gasteiger partial charge in [-0.3, -0.25) is 9.74 Å². The molecule has 0 aliphatic carbocycles. The van der Waals surface area contributed by atoms with Crippen molar-refractivity contribution in [3.8, 4) is 0 Å². The maximum atomic E-state index is 12.8. The van der Waals surface area contributed by atoms with Crippen molar-refractivity contribution in [2.24, 2.45) is 11.1 Å². The number of carbonyl (C=O) groups is 5. The van der Waals surface area contributed by atoms with Gasteiger partial charge in [0.05, 0.1) is 31.2 Å². The number of esters is 2. The van der Waals surface area contributed by atoms with E-state index in [2.05, 4.69) is 10.1 Å². The van der Waals surface area contributed by atoms with Gasteiger partial charge in [-0.05, 0) is 90.0 Å². The third kappa shape index (κ3) is 12.1. The third-order valence-electron chi connectivity index (χ3n) is 6.23. The molecule has 2 saturated heterocycles. The summed E-state index contributed by atoms with van der Waals surface area (Å²) in [7, 11) is 0. The van der Waals surface area contributed by atoms with Crippen LogP contribution >= 0.6 is 11.3 Å². The van der Waals surface area contributed by atoms with Crippen molar-refractivity contribution < 1.29 is 57.7 Å². The number of rotatable bonds is 7. The van der Waals surface area contributed by atoms with Gasteiger partial charge in [0.2, 0.25) is 11.3 Å². The van der Waals surface area contributed by atoms with Gasteiger partial charge in [0.1, 0.15) is 28.1 Å². The summed E-state index contributed by atoms with van der Waals surface area (Å²) in [5.41, 5.74) is -6.03. The van der Waals surface area contributed by atoms with Crippen molar-refractivity contribution in [1.82, 2.24) is 14.8 Å². The Kier molecular flexibility index (Phi) is 12.7. The second kappa shape index (κ2) is 15.1. The van der Waals surface area contributed by atoms with Gasteiger partial charge < -0.3 is 33.8 Å². The van der Waals surface area contributed by atoms with E-state index < -0.39 is 69.4 Å². The summed E-state index contributed by atoms with van der Waals surface area (Å²) in [6.07, 6.45) is -1.13. The highest BCUT2D eigenvalue weighted by Gasteiger charge is 2.58. The van der Waals surface area contributed by atoms with E-state index in [0.29, 0.717) is 5.01 Å². The SMILES string of the molecule is CC(C)(C)OC(=O)N1CC(ON)(C(=O)OC(C)(C)C)C1.Cc1nc(/C(=N/OC2(C(=O)OC(C)(C)C)CN(C(=O)OC(C)(C)C)C2)C(=O)O)cs1. The Hall–Kier alpha value is -4.03. The lowest BCUT2D eigenvalue weighted by Crippen LogP contribution is -2.70. The van der Waals surface area contributed by atoms with Crippen molar-refractivity contribution >= 4 is 47.1 Å². The Morgan fingerprint density at radius 1 is 0.740 bits per heavy atom. The first kappa shape index (κ1) is 42.1. The number of aryl methyl sites for hydroxylation is 1. The van der Waals surface area contributed by atoms with E-state index in [1.54, 1.807) is 90.0 Å². The molecule has 18 heteroatoms. The molecule has 0 aromatic carbocycles. The number of hydrogen-bond donors (Lipinski definition) is 2. The Labute approximate surface area is 296 Å². The predicted molar refractivity (Wildman–Crippen MR) is 180 cm³/mol. The number of nitrogens with two attached hydrogens (primary N) is 1. The van der Waals surface area contributed by atoms with Gasteiger partial charge >= 0.3 is 30.1 Å². The highest BCUT2D eigenvalue weighted by Crippen LogP contribution is 2.32. The molecule has 0 spiro atoms. The molecule has 0 unspecified atom stereocenters. The molecule has 3 rings (SSSR count). The summed E-state index contributed by atoms with van der Waals surface area (Å²) in [4.78, 5) is 77.4. The average Bonchev–Trinajstić information content (AvgIpc) is 3.26. The maximum Gasteiger partial charge on any atom is 0.410 e. The van der Waals surface area contributed by atoms with E-state index in [0.717, 1.165) is 0 Å². The lowest BCUT2D eigenvalue weighted by atomic mass is 9.94. The van der Waals surface area contributed by atoms with Crippen LogP contribution in [0.15, 0.2) is 10.5 Å². The van der Waals surface area contributed by atoms with Gasteiger partial charge in [0, 0.05) is 5.38 Å². The zero-order valence-electron chi connectivity index (χ0n) is 31.1. The van der Waals surface area contributed by atoms with Crippen LogP contribution in [0, 0.1) is 6.92 Å². The van der Waals surface area contributed by atoms with E-state index in [4.69, 9.17) is 34.5 Å². The number of thiazole rings is 1. The van der Waals surface area contributed by atoms with Gasteiger partial charge in [-0.15, -0.1) is 11.3 Å². The number of hydrogen-bond acceptors (Lipinski definition) is 15. The first-order valence-electron chi connectivity index (χ1n) is 15.7. The largest absolute Gasteiger partial charge is 0.476 e. The number of amides is 2. The average molecular weight is 730 g/mol. The molecule has 0 atom stereocenters. The summed E-state index contributed by atoms with van der Waals surface area (Å²) >= 11 is 1.26. The van der Waals surface area contributed by atoms with Crippen molar-refractivity contribution in [1.29, 1.82) is 0 Å². The van der Waals surface area contributed by atoms with Crippen LogP contribution in [-0.2, 0) is 43.0 Å². The fraction of sp³-hybridized carbons (Fsp3) is 0.719. The summed E-state index contributed by atoms with van der Waals surface area (Å²) in [6.45, 7) is 22.2. The number of carbonyl (C=O) groups excluding carboxylic acids is 4. The highest BCUT2D eigenvalue weighted by molar-refractivity contribution is 7.09. The van der Waals surface area contributed by atoms with E-state index >= 15 is 0 Å². The normalized spacial score (nSPS) is 17.2. The standard InChI is InChI=1S/C19H27N3O7S.C13H24N2O5/c1-11-20-12(8-30-11)13(14(23)24)21-29-19(15(25)27-17(2,3)4)9-22(10-19)16(26)28-18(5,6)7;1-11(2,3)18-9(16)13(20-14)7-15(8-13)10(17)19-12(4,5)6/h8H,9-10H2,1-7H3,(H,23,24);7-8,14H2,1-6H3/b21-13-;. The maximum absolute atomic E-state index is 12.8. The van der Waals surface area contributed by atoms with Crippen LogP contribution in [0.5, 0.6) is 0 Å². The number of nitrogens with zero attached hydrogens (tertiary/aromatic N) is 4. The van der Waals surface area contributed by atoms with Gasteiger partial charge in [-0.2, -0.15) is 0 Å². The molecule has 2 amide bonds. The lowest BCUT2D eigenvalue weighted by Gasteiger charge is -2.46. The monoisotopic (exact) mass is 729 g/mol. The number of ether oxygens (including phenoxy) is 4. The summed E-state index contributed by atoms with van der Waals surface area (Å²) < 4.78 is 21.1. The molecule has 2 aliphatic rings. The molecule has 1 aromatic heterocycles. The second-order valence-corrected chi connectivity index (χ2v) is 16.9. The number of oxime groups is 1. The van der Waals surface area contributed by atoms with Crippen LogP contribution in [0.4, 0.5) is 9.59 Å². The molecule has 2 fully saturated rings. The van der Waals surface area contributed by atoms with Crippen LogP contribution in [0.2, 0.25) is 0 Å². The predicted octanol–water partition coefficient (Wildman–Crippen LogP) is 3.80. The Morgan fingerprint density at radius 3 is 1.44 bits per heavy atom. The first-order valence-corrected chi connectivity index (χ1v) is 16.6. The Morgan fingerprint density at radius 2 is 1.12 bits per heavy atom. The molecule has 0 radical (unpaired) electrons. The van der Waals surface area contributed by atoms with Crippen LogP contribution in [0.1, 0.15) is 93.8 Å². The molecule has 50 heavy (non-hydrogen) atoms. The molecule has 2 aliphatic heterocycles. The van der Waals surface area contributed by atoms with E-state index in [-0.39, 0.29) is 31.9 Å². The molecule has 3 N–H and O–H groups in total. The van der Waals surface area contributed by atoms with Crippen molar-refractivity contribution in [2.75, 3.05) is 26.2 Å². The van der Waals surface area contributed by atoms with Crippen LogP contribution < -0.4 is 5.90 Å². The number of carboxylic acids is 1. The van der Waals surface area contributed by atoms with Gasteiger partial charge in [-0.25, -0.2) is 34.9 Å². The smallest absolute Gasteiger partial charge is 0.410 e. The second-order valence-electron chi connectivity index (χ2n) is 15.9. The van der Waals surface area contributed by atoms with Gasteiger partial charge in [-0.1, -0.05) is 5.16 Å². The fourth-order valence-electron chi connectivity index (χ4n) is 4.07. The lowest BCUT2D eigenvalue weighted by molar-refractivity contribution is -0.205. The highest BCUT2D eigenvalue weighted by atomic mass is 32.1. The van der Waals surface area contributed by atoms with Crippen LogP contribution in [-0.4, -0.2) is 115 Å². The number of aliphatic carboxylic acids is 1. The molecule has 17 nitrogen and oxygen atoms in total. The molecular formula is C32H51N5O12S. The quantitative estimate of drug-likeness (QED) is 0.177. The minimum atomic E-state index is -1.64. The topological polar surface area (TPSA) is 219 Å². The van der Waals surface area contributed by atoms with Gasteiger partial charge in [0.25, 0.3) is 5.60 Å². The Balaban J connectivity index is 0.000000377. The van der Waals surface area contributed by atoms with Crippen molar-refractivity contribution in [3.05, 3.63) is 16.1 Å². The third-order valence-corrected chi connectivity index (χ3v) is 7.01. The fourth-order valence-corrected chi connectivity index (χ4v) is 4.67. The summed E-state index contributed by atoms with van der Waals surface area (Å²) in [6, 6.07) is 0. The van der Waals surface area contributed by atoms with E-state index in [1.165, 1.54) is 26.5 Å². The zero-order valence-corrected chi connectivity index (χ0v) is 31.9. The molecule has 3 heterocycles. The van der Waals surface area contributed by atoms with E-state index in [9.17, 15) is 29.1 Å². The van der Waals surface area contributed by atoms with Gasteiger partial charge in [0.15, 0.2) is 0 Å². The molecule has 1 aromatic rings. The molecular weight excluding hydrogens is 678 g/mol. The minimum Gasteiger partial charge on any atom is -0.476 e. The summed E-state index contributed by atoms with van der Waals surface area (Å²) in [5.74, 6) is 2.51. The number of carboxylic acid groups (broad SMARTS) is 1. The van der Waals surface area contributed by atoms with Crippen molar-refractivity contribution in [3.63, 3.8) is 0 Å². The number of aromatic nitrogens is 1. The first-order chi connectivity index (χ1) is 22.5.